The fourth-order valence-corrected chi connectivity index (χ4v) is 4.91. The van der Waals surface area contributed by atoms with Crippen molar-refractivity contribution in [2.45, 2.75) is 63.1 Å². The van der Waals surface area contributed by atoms with Gasteiger partial charge in [0.25, 0.3) is 0 Å². The van der Waals surface area contributed by atoms with Crippen molar-refractivity contribution in [3.8, 4) is 0 Å². The average Bonchev–Trinajstić information content (AvgIpc) is 2.81. The van der Waals surface area contributed by atoms with Crippen molar-refractivity contribution in [1.29, 1.82) is 0 Å². The first kappa shape index (κ1) is 30.7. The Balaban J connectivity index is 0.000000365. The van der Waals surface area contributed by atoms with Gasteiger partial charge in [-0.15, -0.1) is 11.8 Å². The molecule has 0 amide bonds. The number of ether oxygens (including phenoxy) is 1. The molecule has 2 rings (SSSR count). The molecule has 0 radical (unpaired) electrons. The molecule has 0 fully saturated rings. The van der Waals surface area contributed by atoms with E-state index in [1.54, 1.807) is 24.8 Å². The summed E-state index contributed by atoms with van der Waals surface area (Å²) in [6, 6.07) is 5.73. The van der Waals surface area contributed by atoms with Crippen molar-refractivity contribution in [2.75, 3.05) is 23.9 Å². The van der Waals surface area contributed by atoms with Gasteiger partial charge in [-0.25, -0.2) is 28.0 Å². The molecule has 1 atom stereocenters. The van der Waals surface area contributed by atoms with Gasteiger partial charge in [-0.05, 0) is 56.2 Å². The van der Waals surface area contributed by atoms with Crippen LogP contribution in [0.4, 0.5) is 5.82 Å². The fourth-order valence-electron chi connectivity index (χ4n) is 2.58. The summed E-state index contributed by atoms with van der Waals surface area (Å²) >= 11 is 7.37. The molecule has 0 aliphatic heterocycles. The Morgan fingerprint density at radius 3 is 2.34 bits per heavy atom. The van der Waals surface area contributed by atoms with Gasteiger partial charge in [0.2, 0.25) is 0 Å². The van der Waals surface area contributed by atoms with Crippen LogP contribution in [-0.2, 0) is 14.6 Å². The summed E-state index contributed by atoms with van der Waals surface area (Å²) < 4.78 is 28.7. The molecule has 0 saturated heterocycles. The lowest BCUT2D eigenvalue weighted by atomic mass is 10.2. The zero-order chi connectivity index (χ0) is 26.6. The topological polar surface area (TPSA) is 136 Å². The molecule has 2 heterocycles. The number of nitrogens with one attached hydrogen (secondary N) is 1. The SMILES string of the molecule is CCCS(=O)(=O)c1cc(C(=O)O)cc(N[C@@H](C)CC)n1.CCCSc1cc(C(=O)OC)cc(Cl)n1. The molecule has 2 N–H and O–H groups in total. The molecule has 0 aliphatic carbocycles. The lowest BCUT2D eigenvalue weighted by Crippen LogP contribution is -2.17. The van der Waals surface area contributed by atoms with Gasteiger partial charge in [-0.1, -0.05) is 32.4 Å². The minimum atomic E-state index is -3.55. The van der Waals surface area contributed by atoms with Gasteiger partial charge in [-0.2, -0.15) is 0 Å². The number of carboxylic acids is 1. The van der Waals surface area contributed by atoms with Crippen molar-refractivity contribution < 1.29 is 27.9 Å². The molecule has 0 aromatic carbocycles. The molecule has 35 heavy (non-hydrogen) atoms. The molecule has 9 nitrogen and oxygen atoms in total. The highest BCUT2D eigenvalue weighted by Crippen LogP contribution is 2.21. The number of rotatable bonds is 11. The number of carbonyl (C=O) groups is 2. The number of sulfone groups is 1. The first-order valence-electron chi connectivity index (χ1n) is 11.1. The molecule has 0 unspecified atom stereocenters. The van der Waals surface area contributed by atoms with Gasteiger partial charge in [0.15, 0.2) is 14.9 Å². The van der Waals surface area contributed by atoms with E-state index in [4.69, 9.17) is 16.7 Å². The van der Waals surface area contributed by atoms with Crippen molar-refractivity contribution >= 4 is 51.0 Å². The molecule has 0 aliphatic rings. The first-order valence-corrected chi connectivity index (χ1v) is 14.1. The van der Waals surface area contributed by atoms with E-state index in [0.717, 1.165) is 29.7 Å². The summed E-state index contributed by atoms with van der Waals surface area (Å²) in [6.07, 6.45) is 2.32. The second kappa shape index (κ2) is 14.9. The second-order valence-electron chi connectivity index (χ2n) is 7.51. The lowest BCUT2D eigenvalue weighted by Gasteiger charge is -2.14. The van der Waals surface area contributed by atoms with E-state index in [1.165, 1.54) is 19.2 Å². The number of pyridine rings is 2. The van der Waals surface area contributed by atoms with Gasteiger partial charge >= 0.3 is 11.9 Å². The predicted octanol–water partition coefficient (Wildman–Crippen LogP) is 5.20. The summed E-state index contributed by atoms with van der Waals surface area (Å²) in [4.78, 5) is 30.5. The largest absolute Gasteiger partial charge is 0.478 e. The van der Waals surface area contributed by atoms with Crippen LogP contribution in [0.1, 0.15) is 67.7 Å². The number of hydrogen-bond acceptors (Lipinski definition) is 9. The van der Waals surface area contributed by atoms with Crippen LogP contribution in [0, 0.1) is 0 Å². The van der Waals surface area contributed by atoms with E-state index in [9.17, 15) is 18.0 Å². The van der Waals surface area contributed by atoms with E-state index < -0.39 is 21.8 Å². The van der Waals surface area contributed by atoms with Crippen LogP contribution in [0.15, 0.2) is 34.3 Å². The molecule has 2 aromatic heterocycles. The van der Waals surface area contributed by atoms with E-state index in [-0.39, 0.29) is 28.2 Å². The molecule has 2 aromatic rings. The van der Waals surface area contributed by atoms with Crippen LogP contribution in [-0.4, -0.2) is 60.1 Å². The normalized spacial score (nSPS) is 11.7. The Hall–Kier alpha value is -2.37. The Labute approximate surface area is 216 Å². The summed E-state index contributed by atoms with van der Waals surface area (Å²) in [7, 11) is -2.20. The van der Waals surface area contributed by atoms with Crippen molar-refractivity contribution in [1.82, 2.24) is 9.97 Å². The minimum absolute atomic E-state index is 0.0498. The summed E-state index contributed by atoms with van der Waals surface area (Å²) in [6.45, 7) is 7.71. The number of nitrogens with zero attached hydrogens (tertiary/aromatic N) is 2. The maximum Gasteiger partial charge on any atom is 0.338 e. The number of thioether (sulfide) groups is 1. The van der Waals surface area contributed by atoms with E-state index >= 15 is 0 Å². The zero-order valence-corrected chi connectivity index (χ0v) is 22.9. The second-order valence-corrected chi connectivity index (χ2v) is 11.1. The third-order valence-corrected chi connectivity index (χ3v) is 7.60. The number of halogens is 1. The van der Waals surface area contributed by atoms with E-state index in [0.29, 0.717) is 17.1 Å². The number of carbonyl (C=O) groups excluding carboxylic acids is 1. The Bertz CT molecular complexity index is 1110. The lowest BCUT2D eigenvalue weighted by molar-refractivity contribution is 0.0599. The van der Waals surface area contributed by atoms with Gasteiger partial charge < -0.3 is 15.2 Å². The quantitative estimate of drug-likeness (QED) is 0.220. The molecule has 12 heteroatoms. The third kappa shape index (κ3) is 10.4. The highest BCUT2D eigenvalue weighted by atomic mass is 35.5. The van der Waals surface area contributed by atoms with Gasteiger partial charge in [0.1, 0.15) is 11.0 Å². The van der Waals surface area contributed by atoms with Crippen LogP contribution in [0.2, 0.25) is 5.15 Å². The Morgan fingerprint density at radius 1 is 1.11 bits per heavy atom. The Morgan fingerprint density at radius 2 is 1.80 bits per heavy atom. The summed E-state index contributed by atoms with van der Waals surface area (Å²) in [5.74, 6) is -0.390. The van der Waals surface area contributed by atoms with Crippen molar-refractivity contribution in [3.63, 3.8) is 0 Å². The zero-order valence-electron chi connectivity index (χ0n) is 20.5. The molecule has 0 saturated carbocycles. The minimum Gasteiger partial charge on any atom is -0.478 e. The summed E-state index contributed by atoms with van der Waals surface area (Å²) in [5.41, 5.74) is 0.358. The van der Waals surface area contributed by atoms with Crippen LogP contribution >= 0.6 is 23.4 Å². The van der Waals surface area contributed by atoms with Crippen LogP contribution < -0.4 is 5.32 Å². The maximum atomic E-state index is 12.0. The number of carboxylic acid groups (broad SMARTS) is 1. The maximum absolute atomic E-state index is 12.0. The molecule has 194 valence electrons. The van der Waals surface area contributed by atoms with E-state index in [1.807, 2.05) is 13.8 Å². The number of aromatic nitrogens is 2. The number of methoxy groups -OCH3 is 1. The van der Waals surface area contributed by atoms with Gasteiger partial charge in [0.05, 0.1) is 29.0 Å². The molecular weight excluding hydrogens is 514 g/mol. The number of esters is 1. The van der Waals surface area contributed by atoms with Crippen molar-refractivity contribution in [2.24, 2.45) is 0 Å². The van der Waals surface area contributed by atoms with Crippen LogP contribution in [0.5, 0.6) is 0 Å². The fraction of sp³-hybridized carbons (Fsp3) is 0.478. The monoisotopic (exact) mass is 545 g/mol. The molecule has 0 spiro atoms. The number of hydrogen-bond donors (Lipinski definition) is 2. The highest BCUT2D eigenvalue weighted by Gasteiger charge is 2.19. The Kier molecular flexibility index (Phi) is 13.1. The average molecular weight is 546 g/mol. The van der Waals surface area contributed by atoms with Gasteiger partial charge in [-0.3, -0.25) is 0 Å². The number of anilines is 1. The highest BCUT2D eigenvalue weighted by molar-refractivity contribution is 7.99. The molecular formula is C23H32ClN3O6S2. The smallest absolute Gasteiger partial charge is 0.338 e. The molecule has 0 bridgehead atoms. The predicted molar refractivity (Wildman–Crippen MR) is 139 cm³/mol. The third-order valence-electron chi connectivity index (χ3n) is 4.49. The standard InChI is InChI=1S/C13H20N2O4S.C10H12ClNO2S/c1-4-6-20(18,19)12-8-10(13(16)17)7-11(15-12)14-9(3)5-2;1-3-4-15-9-6-7(10(13)14-2)5-8(11)12-9/h7-9H,4-6H2,1-3H3,(H,14,15)(H,16,17);5-6H,3-4H2,1-2H3/t9-;/m0./s1. The van der Waals surface area contributed by atoms with Crippen molar-refractivity contribution in [3.05, 3.63) is 40.5 Å². The van der Waals surface area contributed by atoms with Crippen LogP contribution in [0.25, 0.3) is 0 Å². The van der Waals surface area contributed by atoms with Gasteiger partial charge in [0, 0.05) is 6.04 Å². The van der Waals surface area contributed by atoms with E-state index in [2.05, 4.69) is 26.9 Å². The number of aromatic carboxylic acids is 1. The van der Waals surface area contributed by atoms with Crippen LogP contribution in [0.3, 0.4) is 0 Å². The summed E-state index contributed by atoms with van der Waals surface area (Å²) in [5, 5.41) is 13.0. The first-order chi connectivity index (χ1) is 16.5.